The third-order valence-electron chi connectivity index (χ3n) is 2.67. The first-order valence-corrected chi connectivity index (χ1v) is 4.75. The lowest BCUT2D eigenvalue weighted by Crippen LogP contribution is -1.76. The van der Waals surface area contributed by atoms with E-state index in [4.69, 9.17) is 0 Å². The van der Waals surface area contributed by atoms with Crippen molar-refractivity contribution < 1.29 is 5.11 Å². The van der Waals surface area contributed by atoms with E-state index < -0.39 is 0 Å². The minimum atomic E-state index is -0.0327. The lowest BCUT2D eigenvalue weighted by Gasteiger charge is -2.01. The number of phenolic OH excluding ortho intramolecular Hbond substituents is 1. The van der Waals surface area contributed by atoms with E-state index in [1.54, 1.807) is 12.1 Å². The van der Waals surface area contributed by atoms with Gasteiger partial charge in [0, 0.05) is 10.9 Å². The molecular formula is C13H8O2. The van der Waals surface area contributed by atoms with Crippen LogP contribution in [0.1, 0.15) is 0 Å². The van der Waals surface area contributed by atoms with Gasteiger partial charge in [0.15, 0.2) is 5.43 Å². The SMILES string of the molecule is O=c1c2ccc(-c3ccccc3)c(O)c12. The van der Waals surface area contributed by atoms with Crippen LogP contribution < -0.4 is 5.43 Å². The average Bonchev–Trinajstić information content (AvgIpc) is 2.93. The number of aromatic hydroxyl groups is 1. The molecule has 0 radical (unpaired) electrons. The van der Waals surface area contributed by atoms with Crippen LogP contribution in [-0.2, 0) is 0 Å². The molecule has 0 spiro atoms. The van der Waals surface area contributed by atoms with Gasteiger partial charge in [-0.1, -0.05) is 30.3 Å². The first-order chi connectivity index (χ1) is 7.29. The number of phenols is 1. The topological polar surface area (TPSA) is 37.3 Å². The first kappa shape index (κ1) is 8.24. The van der Waals surface area contributed by atoms with Crippen molar-refractivity contribution in [1.82, 2.24) is 0 Å². The van der Waals surface area contributed by atoms with Crippen molar-refractivity contribution >= 4 is 10.8 Å². The summed E-state index contributed by atoms with van der Waals surface area (Å²) >= 11 is 0. The van der Waals surface area contributed by atoms with Gasteiger partial charge in [0.05, 0.1) is 5.39 Å². The average molecular weight is 196 g/mol. The Bertz CT molecular complexity index is 644. The molecule has 1 N–H and O–H groups in total. The molecule has 15 heavy (non-hydrogen) atoms. The van der Waals surface area contributed by atoms with E-state index in [1.807, 2.05) is 30.3 Å². The summed E-state index contributed by atoms with van der Waals surface area (Å²) in [4.78, 5) is 11.2. The minimum Gasteiger partial charge on any atom is -0.507 e. The van der Waals surface area contributed by atoms with Crippen LogP contribution in [0.2, 0.25) is 0 Å². The zero-order valence-electron chi connectivity index (χ0n) is 7.90. The number of benzene rings is 2. The quantitative estimate of drug-likeness (QED) is 0.649. The second-order valence-corrected chi connectivity index (χ2v) is 3.58. The highest BCUT2D eigenvalue weighted by Gasteiger charge is 2.19. The third kappa shape index (κ3) is 1.08. The molecule has 0 heterocycles. The van der Waals surface area contributed by atoms with E-state index in [2.05, 4.69) is 0 Å². The van der Waals surface area contributed by atoms with Crippen LogP contribution in [0.25, 0.3) is 21.9 Å². The van der Waals surface area contributed by atoms with Gasteiger partial charge in [-0.05, 0) is 17.7 Å². The standard InChI is InChI=1S/C13H8O2/c14-12-9(8-4-2-1-3-5-8)6-7-10-11(12)13(10)15/h1-7,14H. The Morgan fingerprint density at radius 2 is 1.67 bits per heavy atom. The van der Waals surface area contributed by atoms with Crippen molar-refractivity contribution in [2.24, 2.45) is 0 Å². The van der Waals surface area contributed by atoms with Crippen molar-refractivity contribution in [2.75, 3.05) is 0 Å². The summed E-state index contributed by atoms with van der Waals surface area (Å²) < 4.78 is 0. The van der Waals surface area contributed by atoms with E-state index in [0.29, 0.717) is 10.8 Å². The highest BCUT2D eigenvalue weighted by atomic mass is 16.3. The van der Waals surface area contributed by atoms with Gasteiger partial charge in [0.1, 0.15) is 5.75 Å². The molecule has 2 nitrogen and oxygen atoms in total. The van der Waals surface area contributed by atoms with Crippen molar-refractivity contribution in [2.45, 2.75) is 0 Å². The van der Waals surface area contributed by atoms with Gasteiger partial charge in [-0.25, -0.2) is 0 Å². The third-order valence-corrected chi connectivity index (χ3v) is 2.67. The van der Waals surface area contributed by atoms with Crippen molar-refractivity contribution in [3.8, 4) is 16.9 Å². The molecule has 0 aliphatic rings. The summed E-state index contributed by atoms with van der Waals surface area (Å²) in [5.74, 6) is 0.115. The van der Waals surface area contributed by atoms with Crippen LogP contribution in [0.5, 0.6) is 5.75 Å². The van der Waals surface area contributed by atoms with Crippen LogP contribution in [0.4, 0.5) is 0 Å². The predicted molar refractivity (Wildman–Crippen MR) is 59.7 cm³/mol. The lowest BCUT2D eigenvalue weighted by atomic mass is 10.1. The second-order valence-electron chi connectivity index (χ2n) is 3.58. The molecule has 72 valence electrons. The predicted octanol–water partition coefficient (Wildman–Crippen LogP) is 2.45. The van der Waals surface area contributed by atoms with E-state index in [9.17, 15) is 9.90 Å². The molecule has 0 aromatic heterocycles. The van der Waals surface area contributed by atoms with Crippen molar-refractivity contribution in [3.05, 3.63) is 52.7 Å². The van der Waals surface area contributed by atoms with Gasteiger partial charge in [-0.2, -0.15) is 0 Å². The van der Waals surface area contributed by atoms with E-state index in [-0.39, 0.29) is 11.2 Å². The van der Waals surface area contributed by atoms with E-state index in [1.165, 1.54) is 0 Å². The fourth-order valence-electron chi connectivity index (χ4n) is 1.81. The highest BCUT2D eigenvalue weighted by molar-refractivity contribution is 6.05. The Morgan fingerprint density at radius 1 is 0.933 bits per heavy atom. The summed E-state index contributed by atoms with van der Waals surface area (Å²) in [7, 11) is 0. The maximum Gasteiger partial charge on any atom is 0.198 e. The Kier molecular flexibility index (Phi) is 1.48. The van der Waals surface area contributed by atoms with Gasteiger partial charge in [-0.15, -0.1) is 0 Å². The summed E-state index contributed by atoms with van der Waals surface area (Å²) in [5.41, 5.74) is 1.62. The zero-order chi connectivity index (χ0) is 10.4. The molecular weight excluding hydrogens is 188 g/mol. The maximum absolute atomic E-state index is 11.2. The molecule has 3 aromatic rings. The summed E-state index contributed by atoms with van der Waals surface area (Å²) in [6.45, 7) is 0. The maximum atomic E-state index is 11.2. The minimum absolute atomic E-state index is 0.0327. The molecule has 0 atom stereocenters. The van der Waals surface area contributed by atoms with E-state index in [0.717, 1.165) is 11.1 Å². The Labute approximate surface area is 86.1 Å². The van der Waals surface area contributed by atoms with Crippen molar-refractivity contribution in [3.63, 3.8) is 0 Å². The zero-order valence-corrected chi connectivity index (χ0v) is 7.90. The Morgan fingerprint density at radius 3 is 2.40 bits per heavy atom. The summed E-state index contributed by atoms with van der Waals surface area (Å²) in [6.07, 6.45) is 0. The summed E-state index contributed by atoms with van der Waals surface area (Å²) in [5, 5.41) is 11.0. The fourth-order valence-corrected chi connectivity index (χ4v) is 1.81. The first-order valence-electron chi connectivity index (χ1n) is 4.75. The Balaban J connectivity index is 2.27. The van der Waals surface area contributed by atoms with Crippen LogP contribution in [0, 0.1) is 0 Å². The smallest absolute Gasteiger partial charge is 0.198 e. The number of hydrogen-bond acceptors (Lipinski definition) is 2. The highest BCUT2D eigenvalue weighted by Crippen LogP contribution is 2.36. The van der Waals surface area contributed by atoms with Crippen molar-refractivity contribution in [1.29, 1.82) is 0 Å². The second kappa shape index (κ2) is 2.70. The van der Waals surface area contributed by atoms with Crippen LogP contribution >= 0.6 is 0 Å². The molecule has 0 aliphatic carbocycles. The Hall–Kier alpha value is -2.09. The molecule has 0 saturated heterocycles. The van der Waals surface area contributed by atoms with Gasteiger partial charge < -0.3 is 5.11 Å². The molecule has 3 aromatic carbocycles. The monoisotopic (exact) mass is 196 g/mol. The molecule has 0 saturated carbocycles. The number of fused-ring (bicyclic) bond motifs is 1. The lowest BCUT2D eigenvalue weighted by molar-refractivity contribution is 0.484. The molecule has 2 heteroatoms. The number of hydrogen-bond donors (Lipinski definition) is 1. The van der Waals surface area contributed by atoms with Crippen LogP contribution in [0.3, 0.4) is 0 Å². The molecule has 0 fully saturated rings. The van der Waals surface area contributed by atoms with Gasteiger partial charge in [0.2, 0.25) is 0 Å². The normalized spacial score (nSPS) is 11.2. The molecule has 0 aliphatic heterocycles. The van der Waals surface area contributed by atoms with Gasteiger partial charge in [-0.3, -0.25) is 4.79 Å². The molecule has 0 bridgehead atoms. The molecule has 0 amide bonds. The summed E-state index contributed by atoms with van der Waals surface area (Å²) in [6, 6.07) is 13.1. The van der Waals surface area contributed by atoms with Gasteiger partial charge >= 0.3 is 0 Å². The number of rotatable bonds is 1. The fraction of sp³-hybridized carbons (Fsp3) is 0. The van der Waals surface area contributed by atoms with Crippen LogP contribution in [0.15, 0.2) is 47.3 Å². The largest absolute Gasteiger partial charge is 0.507 e. The van der Waals surface area contributed by atoms with Crippen LogP contribution in [-0.4, -0.2) is 5.11 Å². The molecule has 3 rings (SSSR count). The van der Waals surface area contributed by atoms with E-state index >= 15 is 0 Å². The van der Waals surface area contributed by atoms with Gasteiger partial charge in [0.25, 0.3) is 0 Å². The molecule has 0 unspecified atom stereocenters.